The predicted molar refractivity (Wildman–Crippen MR) is 82.4 cm³/mol. The molecule has 0 bridgehead atoms. The SMILES string of the molecule is Cc1cc(C)n2nc(CC(=O)NC(CCO)C(C)C)nc2n1. The molecular weight excluding hydrogens is 282 g/mol. The summed E-state index contributed by atoms with van der Waals surface area (Å²) in [7, 11) is 0. The number of aliphatic hydroxyl groups excluding tert-OH is 1. The van der Waals surface area contributed by atoms with Crippen molar-refractivity contribution in [2.45, 2.75) is 46.6 Å². The summed E-state index contributed by atoms with van der Waals surface area (Å²) in [6.45, 7) is 7.91. The molecule has 22 heavy (non-hydrogen) atoms. The van der Waals surface area contributed by atoms with Crippen LogP contribution in [0.5, 0.6) is 0 Å². The third-order valence-corrected chi connectivity index (χ3v) is 3.57. The van der Waals surface area contributed by atoms with Crippen molar-refractivity contribution < 1.29 is 9.90 Å². The van der Waals surface area contributed by atoms with Gasteiger partial charge in [-0.15, -0.1) is 5.10 Å². The van der Waals surface area contributed by atoms with Crippen molar-refractivity contribution in [3.8, 4) is 0 Å². The van der Waals surface area contributed by atoms with Crippen LogP contribution < -0.4 is 5.32 Å². The highest BCUT2D eigenvalue weighted by atomic mass is 16.3. The molecule has 1 amide bonds. The summed E-state index contributed by atoms with van der Waals surface area (Å²) in [6.07, 6.45) is 0.651. The van der Waals surface area contributed by atoms with Gasteiger partial charge in [0.25, 0.3) is 5.78 Å². The van der Waals surface area contributed by atoms with E-state index < -0.39 is 0 Å². The minimum atomic E-state index is -0.141. The fourth-order valence-corrected chi connectivity index (χ4v) is 2.40. The van der Waals surface area contributed by atoms with E-state index in [1.807, 2.05) is 33.8 Å². The molecule has 0 aliphatic heterocycles. The van der Waals surface area contributed by atoms with Gasteiger partial charge in [0.05, 0.1) is 6.42 Å². The van der Waals surface area contributed by atoms with Crippen LogP contribution in [0.15, 0.2) is 6.07 Å². The van der Waals surface area contributed by atoms with Gasteiger partial charge >= 0.3 is 0 Å². The first kappa shape index (κ1) is 16.4. The van der Waals surface area contributed by atoms with Gasteiger partial charge in [-0.2, -0.15) is 4.98 Å². The quantitative estimate of drug-likeness (QED) is 0.824. The lowest BCUT2D eigenvalue weighted by Gasteiger charge is -2.21. The number of aryl methyl sites for hydroxylation is 2. The molecule has 7 nitrogen and oxygen atoms in total. The summed E-state index contributed by atoms with van der Waals surface area (Å²) in [4.78, 5) is 20.7. The van der Waals surface area contributed by atoms with E-state index in [-0.39, 0.29) is 30.9 Å². The number of amides is 1. The largest absolute Gasteiger partial charge is 0.396 e. The second-order valence-electron chi connectivity index (χ2n) is 5.89. The molecule has 1 unspecified atom stereocenters. The summed E-state index contributed by atoms with van der Waals surface area (Å²) in [5.41, 5.74) is 1.80. The molecule has 0 saturated carbocycles. The molecule has 2 aromatic rings. The number of fused-ring (bicyclic) bond motifs is 1. The van der Waals surface area contributed by atoms with Gasteiger partial charge in [0.2, 0.25) is 5.91 Å². The zero-order valence-electron chi connectivity index (χ0n) is 13.5. The van der Waals surface area contributed by atoms with E-state index in [2.05, 4.69) is 20.4 Å². The Kier molecular flexibility index (Phi) is 5.07. The van der Waals surface area contributed by atoms with E-state index in [0.717, 1.165) is 11.4 Å². The topological polar surface area (TPSA) is 92.4 Å². The lowest BCUT2D eigenvalue weighted by Crippen LogP contribution is -2.40. The summed E-state index contributed by atoms with van der Waals surface area (Å²) in [5.74, 6) is 1.08. The molecule has 1 atom stereocenters. The zero-order valence-corrected chi connectivity index (χ0v) is 13.5. The maximum Gasteiger partial charge on any atom is 0.252 e. The Morgan fingerprint density at radius 1 is 1.36 bits per heavy atom. The Hall–Kier alpha value is -2.02. The zero-order chi connectivity index (χ0) is 16.3. The van der Waals surface area contributed by atoms with Crippen molar-refractivity contribution in [1.82, 2.24) is 24.9 Å². The van der Waals surface area contributed by atoms with Crippen LogP contribution in [-0.4, -0.2) is 43.2 Å². The average molecular weight is 305 g/mol. The average Bonchev–Trinajstić information content (AvgIpc) is 2.80. The van der Waals surface area contributed by atoms with Crippen LogP contribution >= 0.6 is 0 Å². The molecule has 0 aliphatic carbocycles. The molecule has 0 radical (unpaired) electrons. The minimum Gasteiger partial charge on any atom is -0.396 e. The molecule has 2 heterocycles. The highest BCUT2D eigenvalue weighted by Gasteiger charge is 2.17. The number of carbonyl (C=O) groups excluding carboxylic acids is 1. The molecular formula is C15H23N5O2. The van der Waals surface area contributed by atoms with Crippen LogP contribution in [0.3, 0.4) is 0 Å². The first-order chi connectivity index (χ1) is 10.4. The van der Waals surface area contributed by atoms with E-state index in [4.69, 9.17) is 5.11 Å². The fraction of sp³-hybridized carbons (Fsp3) is 0.600. The van der Waals surface area contributed by atoms with Crippen molar-refractivity contribution in [3.63, 3.8) is 0 Å². The smallest absolute Gasteiger partial charge is 0.252 e. The molecule has 2 rings (SSSR count). The van der Waals surface area contributed by atoms with Crippen LogP contribution in [-0.2, 0) is 11.2 Å². The molecule has 120 valence electrons. The number of nitrogens with zero attached hydrogens (tertiary/aromatic N) is 4. The maximum absolute atomic E-state index is 12.1. The standard InChI is InChI=1S/C15H23N5O2/c1-9(2)12(5-6-21)17-14(22)8-13-18-15-16-10(3)7-11(4)20(15)19-13/h7,9,12,21H,5-6,8H2,1-4H3,(H,17,22). The van der Waals surface area contributed by atoms with Crippen molar-refractivity contribution in [3.05, 3.63) is 23.3 Å². The number of aromatic nitrogens is 4. The number of hydrogen-bond acceptors (Lipinski definition) is 5. The summed E-state index contributed by atoms with van der Waals surface area (Å²) in [6, 6.07) is 1.87. The van der Waals surface area contributed by atoms with Gasteiger partial charge < -0.3 is 10.4 Å². The Morgan fingerprint density at radius 2 is 2.09 bits per heavy atom. The minimum absolute atomic E-state index is 0.0448. The Labute approximate surface area is 129 Å². The van der Waals surface area contributed by atoms with Gasteiger partial charge in [-0.25, -0.2) is 9.50 Å². The van der Waals surface area contributed by atoms with Crippen molar-refractivity contribution in [2.75, 3.05) is 6.61 Å². The Bertz CT molecular complexity index is 665. The lowest BCUT2D eigenvalue weighted by molar-refractivity contribution is -0.121. The summed E-state index contributed by atoms with van der Waals surface area (Å²) in [5, 5.41) is 16.3. The van der Waals surface area contributed by atoms with E-state index in [1.54, 1.807) is 4.52 Å². The number of nitrogens with one attached hydrogen (secondary N) is 1. The van der Waals surface area contributed by atoms with Gasteiger partial charge in [0.1, 0.15) is 0 Å². The number of aliphatic hydroxyl groups is 1. The monoisotopic (exact) mass is 305 g/mol. The van der Waals surface area contributed by atoms with Crippen LogP contribution in [0.1, 0.15) is 37.5 Å². The third-order valence-electron chi connectivity index (χ3n) is 3.57. The molecule has 2 aromatic heterocycles. The molecule has 2 N–H and O–H groups in total. The van der Waals surface area contributed by atoms with E-state index in [1.165, 1.54) is 0 Å². The highest BCUT2D eigenvalue weighted by molar-refractivity contribution is 5.78. The first-order valence-corrected chi connectivity index (χ1v) is 7.51. The third kappa shape index (κ3) is 3.79. The van der Waals surface area contributed by atoms with Crippen LogP contribution in [0.25, 0.3) is 5.78 Å². The molecule has 0 spiro atoms. The van der Waals surface area contributed by atoms with Crippen molar-refractivity contribution in [1.29, 1.82) is 0 Å². The molecule has 7 heteroatoms. The predicted octanol–water partition coefficient (Wildman–Crippen LogP) is 0.807. The molecule has 0 aromatic carbocycles. The normalized spacial score (nSPS) is 12.8. The van der Waals surface area contributed by atoms with Gasteiger partial charge in [0.15, 0.2) is 5.82 Å². The van der Waals surface area contributed by atoms with Gasteiger partial charge in [0, 0.05) is 24.0 Å². The van der Waals surface area contributed by atoms with Gasteiger partial charge in [-0.1, -0.05) is 13.8 Å². The number of carbonyl (C=O) groups is 1. The van der Waals surface area contributed by atoms with E-state index in [0.29, 0.717) is 18.0 Å². The van der Waals surface area contributed by atoms with Crippen LogP contribution in [0.4, 0.5) is 0 Å². The van der Waals surface area contributed by atoms with E-state index >= 15 is 0 Å². The lowest BCUT2D eigenvalue weighted by atomic mass is 10.0. The van der Waals surface area contributed by atoms with Crippen molar-refractivity contribution >= 4 is 11.7 Å². The van der Waals surface area contributed by atoms with Gasteiger partial charge in [-0.3, -0.25) is 4.79 Å². The van der Waals surface area contributed by atoms with Gasteiger partial charge in [-0.05, 0) is 32.3 Å². The fourth-order valence-electron chi connectivity index (χ4n) is 2.40. The number of rotatable bonds is 6. The number of hydrogen-bond donors (Lipinski definition) is 2. The summed E-state index contributed by atoms with van der Waals surface area (Å²) >= 11 is 0. The molecule has 0 fully saturated rings. The van der Waals surface area contributed by atoms with Crippen LogP contribution in [0.2, 0.25) is 0 Å². The summed E-state index contributed by atoms with van der Waals surface area (Å²) < 4.78 is 1.64. The Morgan fingerprint density at radius 3 is 2.73 bits per heavy atom. The first-order valence-electron chi connectivity index (χ1n) is 7.51. The Balaban J connectivity index is 2.10. The second-order valence-corrected chi connectivity index (χ2v) is 5.89. The maximum atomic E-state index is 12.1. The molecule has 0 aliphatic rings. The van der Waals surface area contributed by atoms with Crippen LogP contribution in [0, 0.1) is 19.8 Å². The molecule has 0 saturated heterocycles. The van der Waals surface area contributed by atoms with E-state index in [9.17, 15) is 4.79 Å². The second kappa shape index (κ2) is 6.83. The highest BCUT2D eigenvalue weighted by Crippen LogP contribution is 2.08. The van der Waals surface area contributed by atoms with Crippen molar-refractivity contribution in [2.24, 2.45) is 5.92 Å².